The average molecular weight is 402 g/mol. The van der Waals surface area contributed by atoms with E-state index in [2.05, 4.69) is 29.0 Å². The highest BCUT2D eigenvalue weighted by molar-refractivity contribution is 7.99. The monoisotopic (exact) mass is 402 g/mol. The molecule has 0 atom stereocenters. The number of para-hydroxylation sites is 1. The maximum atomic E-state index is 12.9. The van der Waals surface area contributed by atoms with Gasteiger partial charge in [0.1, 0.15) is 0 Å². The second kappa shape index (κ2) is 9.01. The molecule has 3 rings (SSSR count). The Morgan fingerprint density at radius 3 is 2.79 bits per heavy atom. The van der Waals surface area contributed by atoms with Crippen molar-refractivity contribution in [3.05, 3.63) is 46.3 Å². The van der Waals surface area contributed by atoms with E-state index in [9.17, 15) is 9.59 Å². The van der Waals surface area contributed by atoms with E-state index in [0.29, 0.717) is 34.3 Å². The fourth-order valence-corrected chi connectivity index (χ4v) is 3.37. The number of esters is 1. The Labute approximate surface area is 166 Å². The molecule has 0 aliphatic carbocycles. The molecule has 0 saturated carbocycles. The van der Waals surface area contributed by atoms with Gasteiger partial charge in [0, 0.05) is 6.54 Å². The SMILES string of the molecule is Cc1noc(COC(=O)CSc2nc3ccccc3c(=O)n2CCC(C)C)n1. The summed E-state index contributed by atoms with van der Waals surface area (Å²) in [5, 5.41) is 4.73. The Kier molecular flexibility index (Phi) is 6.45. The summed E-state index contributed by atoms with van der Waals surface area (Å²) in [5.74, 6) is 0.751. The molecule has 9 heteroatoms. The third-order valence-corrected chi connectivity index (χ3v) is 4.95. The zero-order valence-corrected chi connectivity index (χ0v) is 16.9. The summed E-state index contributed by atoms with van der Waals surface area (Å²) in [4.78, 5) is 33.5. The first-order valence-electron chi connectivity index (χ1n) is 9.01. The minimum atomic E-state index is -0.446. The molecule has 0 aliphatic rings. The highest BCUT2D eigenvalue weighted by atomic mass is 32.2. The van der Waals surface area contributed by atoms with E-state index in [0.717, 1.165) is 6.42 Å². The normalized spacial score (nSPS) is 11.3. The second-order valence-corrected chi connectivity index (χ2v) is 7.68. The van der Waals surface area contributed by atoms with Crippen LogP contribution in [0, 0.1) is 12.8 Å². The van der Waals surface area contributed by atoms with Gasteiger partial charge in [-0.15, -0.1) is 0 Å². The zero-order valence-electron chi connectivity index (χ0n) is 16.0. The van der Waals surface area contributed by atoms with Crippen molar-refractivity contribution in [1.29, 1.82) is 0 Å². The van der Waals surface area contributed by atoms with Gasteiger partial charge in [-0.3, -0.25) is 14.2 Å². The van der Waals surface area contributed by atoms with Crippen LogP contribution in [0.4, 0.5) is 0 Å². The van der Waals surface area contributed by atoms with E-state index in [-0.39, 0.29) is 23.8 Å². The Bertz CT molecular complexity index is 1030. The molecule has 2 aromatic heterocycles. The van der Waals surface area contributed by atoms with Crippen molar-refractivity contribution in [3.8, 4) is 0 Å². The number of fused-ring (bicyclic) bond motifs is 1. The van der Waals surface area contributed by atoms with Crippen LogP contribution in [0.1, 0.15) is 32.0 Å². The summed E-state index contributed by atoms with van der Waals surface area (Å²) in [6, 6.07) is 7.22. The van der Waals surface area contributed by atoms with Crippen molar-refractivity contribution < 1.29 is 14.1 Å². The molecule has 8 nitrogen and oxygen atoms in total. The predicted molar refractivity (Wildman–Crippen MR) is 105 cm³/mol. The number of carbonyl (C=O) groups excluding carboxylic acids is 1. The first-order valence-corrected chi connectivity index (χ1v) is 10.00. The molecule has 28 heavy (non-hydrogen) atoms. The van der Waals surface area contributed by atoms with Crippen LogP contribution in [0.3, 0.4) is 0 Å². The summed E-state index contributed by atoms with van der Waals surface area (Å²) in [7, 11) is 0. The molecule has 0 bridgehead atoms. The summed E-state index contributed by atoms with van der Waals surface area (Å²) >= 11 is 1.19. The Balaban J connectivity index is 1.73. The number of rotatable bonds is 8. The smallest absolute Gasteiger partial charge is 0.316 e. The number of thioether (sulfide) groups is 1. The van der Waals surface area contributed by atoms with Gasteiger partial charge < -0.3 is 9.26 Å². The van der Waals surface area contributed by atoms with E-state index in [1.165, 1.54) is 11.8 Å². The number of aromatic nitrogens is 4. The van der Waals surface area contributed by atoms with E-state index >= 15 is 0 Å². The van der Waals surface area contributed by atoms with Gasteiger partial charge in [0.25, 0.3) is 11.4 Å². The molecular weight excluding hydrogens is 380 g/mol. The molecule has 148 valence electrons. The van der Waals surface area contributed by atoms with Crippen LogP contribution in [-0.4, -0.2) is 31.4 Å². The molecule has 0 N–H and O–H groups in total. The molecule has 0 aliphatic heterocycles. The Morgan fingerprint density at radius 1 is 1.29 bits per heavy atom. The molecule has 0 unspecified atom stereocenters. The number of benzene rings is 1. The van der Waals surface area contributed by atoms with E-state index in [1.807, 2.05) is 12.1 Å². The van der Waals surface area contributed by atoms with Gasteiger partial charge in [-0.2, -0.15) is 4.98 Å². The fraction of sp³-hybridized carbons (Fsp3) is 0.421. The van der Waals surface area contributed by atoms with E-state index in [1.54, 1.807) is 23.6 Å². The predicted octanol–water partition coefficient (Wildman–Crippen LogP) is 2.97. The molecule has 0 fully saturated rings. The van der Waals surface area contributed by atoms with Crippen molar-refractivity contribution in [1.82, 2.24) is 19.7 Å². The third kappa shape index (κ3) is 4.98. The number of hydrogen-bond donors (Lipinski definition) is 0. The van der Waals surface area contributed by atoms with Gasteiger partial charge in [-0.1, -0.05) is 42.9 Å². The minimum Gasteiger partial charge on any atom is -0.455 e. The summed E-state index contributed by atoms with van der Waals surface area (Å²) in [6.45, 7) is 6.36. The summed E-state index contributed by atoms with van der Waals surface area (Å²) in [6.07, 6.45) is 0.842. The van der Waals surface area contributed by atoms with Crippen molar-refractivity contribution in [3.63, 3.8) is 0 Å². The number of nitrogens with zero attached hydrogens (tertiary/aromatic N) is 4. The number of ether oxygens (including phenoxy) is 1. The molecule has 0 saturated heterocycles. The van der Waals surface area contributed by atoms with Gasteiger partial charge in [0.2, 0.25) is 0 Å². The lowest BCUT2D eigenvalue weighted by atomic mass is 10.1. The maximum Gasteiger partial charge on any atom is 0.316 e. The topological polar surface area (TPSA) is 100 Å². The van der Waals surface area contributed by atoms with Gasteiger partial charge in [-0.05, 0) is 31.4 Å². The third-order valence-electron chi connectivity index (χ3n) is 4.00. The molecule has 1 aromatic carbocycles. The molecule has 3 aromatic rings. The van der Waals surface area contributed by atoms with Crippen molar-refractivity contribution in [2.75, 3.05) is 5.75 Å². The summed E-state index contributed by atoms with van der Waals surface area (Å²) in [5.41, 5.74) is 0.522. The van der Waals surface area contributed by atoms with Crippen molar-refractivity contribution >= 4 is 28.6 Å². The Hall–Kier alpha value is -2.68. The maximum absolute atomic E-state index is 12.9. The van der Waals surface area contributed by atoms with Crippen LogP contribution in [0.2, 0.25) is 0 Å². The Morgan fingerprint density at radius 2 is 2.07 bits per heavy atom. The molecule has 0 spiro atoms. The van der Waals surface area contributed by atoms with E-state index < -0.39 is 5.97 Å². The second-order valence-electron chi connectivity index (χ2n) is 6.74. The quantitative estimate of drug-likeness (QED) is 0.322. The standard InChI is InChI=1S/C19H22N4O4S/c1-12(2)8-9-23-18(25)14-6-4-5-7-15(14)21-19(23)28-11-17(24)26-10-16-20-13(3)22-27-16/h4-7,12H,8-11H2,1-3H3. The highest BCUT2D eigenvalue weighted by Gasteiger charge is 2.15. The van der Waals surface area contributed by atoms with Gasteiger partial charge in [-0.25, -0.2) is 4.98 Å². The fourth-order valence-electron chi connectivity index (χ4n) is 2.55. The first-order chi connectivity index (χ1) is 13.4. The number of aryl methyl sites for hydroxylation is 1. The van der Waals surface area contributed by atoms with Crippen molar-refractivity contribution in [2.45, 2.75) is 45.5 Å². The highest BCUT2D eigenvalue weighted by Crippen LogP contribution is 2.19. The van der Waals surface area contributed by atoms with Crippen LogP contribution >= 0.6 is 11.8 Å². The molecule has 0 radical (unpaired) electrons. The zero-order chi connectivity index (χ0) is 20.1. The first kappa shape index (κ1) is 20.1. The van der Waals surface area contributed by atoms with E-state index in [4.69, 9.17) is 9.26 Å². The lowest BCUT2D eigenvalue weighted by molar-refractivity contribution is -0.142. The summed E-state index contributed by atoms with van der Waals surface area (Å²) < 4.78 is 11.7. The lowest BCUT2D eigenvalue weighted by Crippen LogP contribution is -2.24. The lowest BCUT2D eigenvalue weighted by Gasteiger charge is -2.14. The van der Waals surface area contributed by atoms with Crippen LogP contribution in [-0.2, 0) is 22.7 Å². The average Bonchev–Trinajstić information content (AvgIpc) is 3.09. The van der Waals surface area contributed by atoms with Crippen LogP contribution in [0.5, 0.6) is 0 Å². The van der Waals surface area contributed by atoms with Crippen LogP contribution < -0.4 is 5.56 Å². The molecule has 0 amide bonds. The van der Waals surface area contributed by atoms with Crippen LogP contribution in [0.25, 0.3) is 10.9 Å². The molecular formula is C19H22N4O4S. The van der Waals surface area contributed by atoms with Gasteiger partial charge >= 0.3 is 5.97 Å². The molecule has 2 heterocycles. The number of carbonyl (C=O) groups is 1. The van der Waals surface area contributed by atoms with Crippen LogP contribution in [0.15, 0.2) is 38.7 Å². The van der Waals surface area contributed by atoms with Gasteiger partial charge in [0.05, 0.1) is 16.7 Å². The van der Waals surface area contributed by atoms with Crippen molar-refractivity contribution in [2.24, 2.45) is 5.92 Å². The largest absolute Gasteiger partial charge is 0.455 e. The number of hydrogen-bond acceptors (Lipinski definition) is 8. The van der Waals surface area contributed by atoms with Gasteiger partial charge in [0.15, 0.2) is 17.6 Å². The minimum absolute atomic E-state index is 0.0274.